The third-order valence-corrected chi connectivity index (χ3v) is 4.62. The Hall–Kier alpha value is -1.88. The van der Waals surface area contributed by atoms with Gasteiger partial charge in [-0.15, -0.1) is 0 Å². The molecule has 2 N–H and O–H groups in total. The van der Waals surface area contributed by atoms with Crippen LogP contribution in [0.1, 0.15) is 55.8 Å². The van der Waals surface area contributed by atoms with Crippen LogP contribution in [0.4, 0.5) is 5.69 Å². The summed E-state index contributed by atoms with van der Waals surface area (Å²) in [4.78, 5) is 25.7. The van der Waals surface area contributed by atoms with E-state index in [-0.39, 0.29) is 11.8 Å². The number of hydrogen-bond acceptors (Lipinski definition) is 3. The van der Waals surface area contributed by atoms with Gasteiger partial charge in [0.15, 0.2) is 0 Å². The first kappa shape index (κ1) is 18.5. The summed E-state index contributed by atoms with van der Waals surface area (Å²) in [5.41, 5.74) is 1.22. The molecule has 0 aliphatic heterocycles. The zero-order valence-corrected chi connectivity index (χ0v) is 14.8. The molecule has 5 nitrogen and oxygen atoms in total. The van der Waals surface area contributed by atoms with E-state index in [2.05, 4.69) is 22.6 Å². The highest BCUT2D eigenvalue weighted by Gasteiger charge is 2.17. The molecule has 5 heteroatoms. The largest absolute Gasteiger partial charge is 0.352 e. The van der Waals surface area contributed by atoms with Crippen LogP contribution in [0.15, 0.2) is 24.3 Å². The predicted octanol–water partition coefficient (Wildman–Crippen LogP) is 3.03. The van der Waals surface area contributed by atoms with Crippen molar-refractivity contribution in [3.05, 3.63) is 29.8 Å². The number of hydrogen-bond donors (Lipinski definition) is 2. The first-order valence-corrected chi connectivity index (χ1v) is 8.92. The van der Waals surface area contributed by atoms with Crippen LogP contribution >= 0.6 is 0 Å². The maximum absolute atomic E-state index is 12.2. The Morgan fingerprint density at radius 3 is 2.67 bits per heavy atom. The number of anilines is 1. The maximum atomic E-state index is 12.2. The second-order valence-electron chi connectivity index (χ2n) is 6.64. The van der Waals surface area contributed by atoms with Crippen LogP contribution in [0.5, 0.6) is 0 Å². The molecule has 1 aliphatic rings. The zero-order chi connectivity index (χ0) is 17.4. The molecule has 24 heavy (non-hydrogen) atoms. The highest BCUT2D eigenvalue weighted by molar-refractivity contribution is 5.96. The third-order valence-electron chi connectivity index (χ3n) is 4.62. The number of amides is 2. The summed E-state index contributed by atoms with van der Waals surface area (Å²) < 4.78 is 0. The highest BCUT2D eigenvalue weighted by Crippen LogP contribution is 2.21. The average molecular weight is 331 g/mol. The van der Waals surface area contributed by atoms with Crippen LogP contribution in [0, 0.1) is 0 Å². The van der Waals surface area contributed by atoms with E-state index in [9.17, 15) is 9.59 Å². The van der Waals surface area contributed by atoms with E-state index < -0.39 is 0 Å². The second kappa shape index (κ2) is 9.42. The highest BCUT2D eigenvalue weighted by atomic mass is 16.2. The molecular formula is C19H29N3O2. The molecule has 1 aromatic carbocycles. The van der Waals surface area contributed by atoms with Crippen LogP contribution < -0.4 is 10.6 Å². The molecule has 0 radical (unpaired) electrons. The predicted molar refractivity (Wildman–Crippen MR) is 97.2 cm³/mol. The molecule has 132 valence electrons. The van der Waals surface area contributed by atoms with Gasteiger partial charge in [-0.25, -0.2) is 0 Å². The monoisotopic (exact) mass is 331 g/mol. The molecular weight excluding hydrogens is 302 g/mol. The van der Waals surface area contributed by atoms with E-state index in [0.717, 1.165) is 13.0 Å². The SMILES string of the molecule is CC(=O)Nc1cccc(C(=O)NCCCN(C)C2CCCCC2)c1. The third kappa shape index (κ3) is 5.96. The lowest BCUT2D eigenvalue weighted by Gasteiger charge is -2.31. The number of nitrogens with one attached hydrogen (secondary N) is 2. The van der Waals surface area contributed by atoms with Gasteiger partial charge in [-0.2, -0.15) is 0 Å². The first-order valence-electron chi connectivity index (χ1n) is 8.92. The van der Waals surface area contributed by atoms with Gasteiger partial charge in [0, 0.05) is 30.8 Å². The van der Waals surface area contributed by atoms with Crippen molar-refractivity contribution in [3.63, 3.8) is 0 Å². The van der Waals surface area contributed by atoms with Gasteiger partial charge in [-0.3, -0.25) is 9.59 Å². The lowest BCUT2D eigenvalue weighted by molar-refractivity contribution is -0.114. The molecule has 0 saturated heterocycles. The minimum Gasteiger partial charge on any atom is -0.352 e. The molecule has 0 unspecified atom stereocenters. The molecule has 0 heterocycles. The topological polar surface area (TPSA) is 61.4 Å². The molecule has 1 saturated carbocycles. The fourth-order valence-electron chi connectivity index (χ4n) is 3.28. The van der Waals surface area contributed by atoms with Crippen molar-refractivity contribution in [2.75, 3.05) is 25.5 Å². The summed E-state index contributed by atoms with van der Waals surface area (Å²) in [5.74, 6) is -0.235. The summed E-state index contributed by atoms with van der Waals surface area (Å²) >= 11 is 0. The van der Waals surface area contributed by atoms with Crippen LogP contribution in [-0.4, -0.2) is 42.9 Å². The van der Waals surface area contributed by atoms with Gasteiger partial charge in [0.05, 0.1) is 0 Å². The maximum Gasteiger partial charge on any atom is 0.251 e. The van der Waals surface area contributed by atoms with Crippen molar-refractivity contribution in [1.82, 2.24) is 10.2 Å². The number of carbonyl (C=O) groups excluding carboxylic acids is 2. The molecule has 0 atom stereocenters. The number of rotatable bonds is 7. The van der Waals surface area contributed by atoms with Crippen molar-refractivity contribution < 1.29 is 9.59 Å². The van der Waals surface area contributed by atoms with Crippen LogP contribution in [0.3, 0.4) is 0 Å². The molecule has 2 amide bonds. The van der Waals surface area contributed by atoms with Crippen LogP contribution in [0.2, 0.25) is 0 Å². The quantitative estimate of drug-likeness (QED) is 0.755. The minimum absolute atomic E-state index is 0.0949. The Kier molecular flexibility index (Phi) is 7.25. The summed E-state index contributed by atoms with van der Waals surface area (Å²) in [5, 5.41) is 5.65. The lowest BCUT2D eigenvalue weighted by Crippen LogP contribution is -2.35. The van der Waals surface area contributed by atoms with Gasteiger partial charge < -0.3 is 15.5 Å². The summed E-state index contributed by atoms with van der Waals surface area (Å²) in [7, 11) is 2.19. The van der Waals surface area contributed by atoms with Gasteiger partial charge in [-0.1, -0.05) is 25.3 Å². The Labute approximate surface area is 144 Å². The number of carbonyl (C=O) groups is 2. The first-order chi connectivity index (χ1) is 11.6. The van der Waals surface area contributed by atoms with Crippen molar-refractivity contribution >= 4 is 17.5 Å². The van der Waals surface area contributed by atoms with Gasteiger partial charge >= 0.3 is 0 Å². The Morgan fingerprint density at radius 1 is 1.21 bits per heavy atom. The van der Waals surface area contributed by atoms with E-state index in [1.54, 1.807) is 24.3 Å². The lowest BCUT2D eigenvalue weighted by atomic mass is 9.94. The minimum atomic E-state index is -0.140. The van der Waals surface area contributed by atoms with Crippen molar-refractivity contribution in [2.24, 2.45) is 0 Å². The van der Waals surface area contributed by atoms with Crippen LogP contribution in [0.25, 0.3) is 0 Å². The average Bonchev–Trinajstić information content (AvgIpc) is 2.58. The normalized spacial score (nSPS) is 15.3. The van der Waals surface area contributed by atoms with E-state index in [1.165, 1.54) is 39.0 Å². The van der Waals surface area contributed by atoms with E-state index in [4.69, 9.17) is 0 Å². The fraction of sp³-hybridized carbons (Fsp3) is 0.579. The van der Waals surface area contributed by atoms with E-state index in [1.807, 2.05) is 0 Å². The van der Waals surface area contributed by atoms with Crippen molar-refractivity contribution in [3.8, 4) is 0 Å². The van der Waals surface area contributed by atoms with Crippen molar-refractivity contribution in [2.45, 2.75) is 51.5 Å². The summed E-state index contributed by atoms with van der Waals surface area (Å²) in [6, 6.07) is 7.72. The molecule has 0 spiro atoms. The second-order valence-corrected chi connectivity index (χ2v) is 6.64. The smallest absolute Gasteiger partial charge is 0.251 e. The molecule has 1 fully saturated rings. The van der Waals surface area contributed by atoms with E-state index >= 15 is 0 Å². The molecule has 0 aromatic heterocycles. The van der Waals surface area contributed by atoms with Gasteiger partial charge in [0.2, 0.25) is 5.91 Å². The van der Waals surface area contributed by atoms with Gasteiger partial charge in [0.1, 0.15) is 0 Å². The Bertz CT molecular complexity index is 553. The molecule has 1 aromatic rings. The Morgan fingerprint density at radius 2 is 1.96 bits per heavy atom. The Balaban J connectivity index is 1.71. The molecule has 1 aliphatic carbocycles. The van der Waals surface area contributed by atoms with E-state index in [0.29, 0.717) is 23.8 Å². The van der Waals surface area contributed by atoms with Crippen molar-refractivity contribution in [1.29, 1.82) is 0 Å². The molecule has 0 bridgehead atoms. The molecule has 2 rings (SSSR count). The number of benzene rings is 1. The summed E-state index contributed by atoms with van der Waals surface area (Å²) in [6.45, 7) is 3.13. The number of nitrogens with zero attached hydrogens (tertiary/aromatic N) is 1. The summed E-state index contributed by atoms with van der Waals surface area (Å²) in [6.07, 6.45) is 7.62. The standard InChI is InChI=1S/C19H29N3O2/c1-15(23)21-17-9-6-8-16(14-17)19(24)20-12-7-13-22(2)18-10-4-3-5-11-18/h6,8-9,14,18H,3-5,7,10-13H2,1-2H3,(H,20,24)(H,21,23). The zero-order valence-electron chi connectivity index (χ0n) is 14.8. The van der Waals surface area contributed by atoms with Gasteiger partial charge in [-0.05, 0) is 51.1 Å². The van der Waals surface area contributed by atoms with Crippen LogP contribution in [-0.2, 0) is 4.79 Å². The van der Waals surface area contributed by atoms with Gasteiger partial charge in [0.25, 0.3) is 5.91 Å². The fourth-order valence-corrected chi connectivity index (χ4v) is 3.28.